The minimum absolute atomic E-state index is 0.274. The monoisotopic (exact) mass is 250 g/mol. The van der Waals surface area contributed by atoms with Crippen LogP contribution in [0.15, 0.2) is 12.1 Å². The molecule has 18 heavy (non-hydrogen) atoms. The molecule has 0 N–H and O–H groups in total. The fraction of sp³-hybridized carbons (Fsp3) is 0.600. The highest BCUT2D eigenvalue weighted by atomic mass is 19.1. The van der Waals surface area contributed by atoms with E-state index in [1.807, 2.05) is 6.07 Å². The fourth-order valence-electron chi connectivity index (χ4n) is 1.89. The topological polar surface area (TPSA) is 18.5 Å². The molecule has 2 aliphatic rings. The van der Waals surface area contributed by atoms with Gasteiger partial charge in [0.25, 0.3) is 0 Å². The molecule has 0 unspecified atom stereocenters. The van der Waals surface area contributed by atoms with Crippen molar-refractivity contribution in [2.45, 2.75) is 32.6 Å². The predicted octanol–water partition coefficient (Wildman–Crippen LogP) is 3.71. The molecule has 0 radical (unpaired) electrons. The molecule has 3 heteroatoms. The van der Waals surface area contributed by atoms with Crippen LogP contribution >= 0.6 is 0 Å². The second-order valence-electron chi connectivity index (χ2n) is 5.51. The van der Waals surface area contributed by atoms with E-state index in [0.717, 1.165) is 0 Å². The Morgan fingerprint density at radius 1 is 1.00 bits per heavy atom. The summed E-state index contributed by atoms with van der Waals surface area (Å²) in [6.07, 6.45) is 4.90. The molecule has 2 nitrogen and oxygen atoms in total. The zero-order valence-corrected chi connectivity index (χ0v) is 10.7. The van der Waals surface area contributed by atoms with Gasteiger partial charge in [0.05, 0.1) is 13.2 Å². The van der Waals surface area contributed by atoms with Crippen LogP contribution in [0.4, 0.5) is 4.39 Å². The number of hydrogen-bond donors (Lipinski definition) is 0. The average molecular weight is 250 g/mol. The number of ether oxygens (including phenoxy) is 2. The van der Waals surface area contributed by atoms with E-state index in [1.165, 1.54) is 25.7 Å². The molecule has 3 rings (SSSR count). The van der Waals surface area contributed by atoms with Crippen LogP contribution in [0.25, 0.3) is 0 Å². The van der Waals surface area contributed by atoms with E-state index in [0.29, 0.717) is 42.1 Å². The highest BCUT2D eigenvalue weighted by Crippen LogP contribution is 2.34. The Hall–Kier alpha value is -1.25. The molecular formula is C15H19FO2. The Labute approximate surface area is 107 Å². The summed E-state index contributed by atoms with van der Waals surface area (Å²) in [4.78, 5) is 0. The van der Waals surface area contributed by atoms with Crippen LogP contribution in [0.5, 0.6) is 11.5 Å². The van der Waals surface area contributed by atoms with Crippen molar-refractivity contribution in [1.29, 1.82) is 0 Å². The summed E-state index contributed by atoms with van der Waals surface area (Å²) >= 11 is 0. The molecule has 1 aromatic carbocycles. The summed E-state index contributed by atoms with van der Waals surface area (Å²) in [6, 6.07) is 3.51. The van der Waals surface area contributed by atoms with Gasteiger partial charge in [-0.25, -0.2) is 4.39 Å². The molecule has 0 aromatic heterocycles. The van der Waals surface area contributed by atoms with Crippen molar-refractivity contribution in [2.24, 2.45) is 11.8 Å². The van der Waals surface area contributed by atoms with E-state index in [9.17, 15) is 4.39 Å². The standard InChI is InChI=1S/C15H19FO2/c1-10-13(17-8-11-2-3-11)6-7-14(15(10)16)18-9-12-4-5-12/h6-7,11-12H,2-5,8-9H2,1H3. The van der Waals surface area contributed by atoms with E-state index in [4.69, 9.17) is 9.47 Å². The number of benzene rings is 1. The zero-order chi connectivity index (χ0) is 12.5. The first-order chi connectivity index (χ1) is 8.74. The maximum atomic E-state index is 14.1. The Bertz CT molecular complexity index is 395. The summed E-state index contributed by atoms with van der Waals surface area (Å²) < 4.78 is 25.2. The largest absolute Gasteiger partial charge is 0.493 e. The summed E-state index contributed by atoms with van der Waals surface area (Å²) in [5.41, 5.74) is 0.559. The fourth-order valence-corrected chi connectivity index (χ4v) is 1.89. The molecule has 0 bridgehead atoms. The second-order valence-corrected chi connectivity index (χ2v) is 5.51. The van der Waals surface area contributed by atoms with Crippen molar-refractivity contribution in [3.63, 3.8) is 0 Å². The van der Waals surface area contributed by atoms with Gasteiger partial charge in [0, 0.05) is 5.56 Å². The van der Waals surface area contributed by atoms with Gasteiger partial charge in [-0.1, -0.05) is 0 Å². The van der Waals surface area contributed by atoms with Crippen LogP contribution in [-0.4, -0.2) is 13.2 Å². The smallest absolute Gasteiger partial charge is 0.171 e. The third-order valence-corrected chi connectivity index (χ3v) is 3.64. The third kappa shape index (κ3) is 2.77. The van der Waals surface area contributed by atoms with Gasteiger partial charge in [-0.15, -0.1) is 0 Å². The molecule has 0 heterocycles. The molecule has 1 aromatic rings. The Balaban J connectivity index is 1.65. The maximum Gasteiger partial charge on any atom is 0.171 e. The van der Waals surface area contributed by atoms with Gasteiger partial charge in [-0.2, -0.15) is 0 Å². The third-order valence-electron chi connectivity index (χ3n) is 3.64. The first kappa shape index (κ1) is 11.8. The minimum atomic E-state index is -0.274. The Morgan fingerprint density at radius 2 is 1.50 bits per heavy atom. The van der Waals surface area contributed by atoms with Crippen LogP contribution < -0.4 is 9.47 Å². The van der Waals surface area contributed by atoms with Crippen LogP contribution in [0, 0.1) is 24.6 Å². The van der Waals surface area contributed by atoms with Crippen LogP contribution in [-0.2, 0) is 0 Å². The first-order valence-corrected chi connectivity index (χ1v) is 6.78. The van der Waals surface area contributed by atoms with Crippen LogP contribution in [0.1, 0.15) is 31.2 Å². The lowest BCUT2D eigenvalue weighted by Crippen LogP contribution is -2.05. The first-order valence-electron chi connectivity index (χ1n) is 6.78. The van der Waals surface area contributed by atoms with Crippen LogP contribution in [0.2, 0.25) is 0 Å². The SMILES string of the molecule is Cc1c(OCC2CC2)ccc(OCC2CC2)c1F. The maximum absolute atomic E-state index is 14.1. The van der Waals surface area contributed by atoms with Gasteiger partial charge in [-0.3, -0.25) is 0 Å². The molecule has 2 aliphatic carbocycles. The molecule has 2 saturated carbocycles. The van der Waals surface area contributed by atoms with Crippen molar-refractivity contribution in [1.82, 2.24) is 0 Å². The van der Waals surface area contributed by atoms with Gasteiger partial charge < -0.3 is 9.47 Å². The number of halogens is 1. The van der Waals surface area contributed by atoms with Crippen molar-refractivity contribution in [3.05, 3.63) is 23.5 Å². The molecule has 2 fully saturated rings. The van der Waals surface area contributed by atoms with E-state index >= 15 is 0 Å². The average Bonchev–Trinajstić information content (AvgIpc) is 3.24. The summed E-state index contributed by atoms with van der Waals surface area (Å²) in [6.45, 7) is 3.10. The van der Waals surface area contributed by atoms with Gasteiger partial charge in [0.2, 0.25) is 0 Å². The summed E-state index contributed by atoms with van der Waals surface area (Å²) in [5.74, 6) is 2.05. The van der Waals surface area contributed by atoms with Gasteiger partial charge in [0.15, 0.2) is 11.6 Å². The molecule has 0 saturated heterocycles. The highest BCUT2D eigenvalue weighted by Gasteiger charge is 2.24. The lowest BCUT2D eigenvalue weighted by molar-refractivity contribution is 0.276. The van der Waals surface area contributed by atoms with Crippen molar-refractivity contribution in [3.8, 4) is 11.5 Å². The molecule has 0 amide bonds. The van der Waals surface area contributed by atoms with E-state index in [1.54, 1.807) is 13.0 Å². The highest BCUT2D eigenvalue weighted by molar-refractivity contribution is 5.41. The molecule has 98 valence electrons. The summed E-state index contributed by atoms with van der Waals surface area (Å²) in [5, 5.41) is 0. The number of rotatable bonds is 6. The van der Waals surface area contributed by atoms with Crippen LogP contribution in [0.3, 0.4) is 0 Å². The second kappa shape index (κ2) is 4.79. The van der Waals surface area contributed by atoms with E-state index < -0.39 is 0 Å². The van der Waals surface area contributed by atoms with Gasteiger partial charge >= 0.3 is 0 Å². The van der Waals surface area contributed by atoms with Crippen molar-refractivity contribution < 1.29 is 13.9 Å². The normalized spacial score (nSPS) is 18.8. The Kier molecular flexibility index (Phi) is 3.14. The molecule has 0 aliphatic heterocycles. The molecular weight excluding hydrogens is 231 g/mol. The molecule has 0 atom stereocenters. The lowest BCUT2D eigenvalue weighted by Gasteiger charge is -2.12. The number of hydrogen-bond acceptors (Lipinski definition) is 2. The van der Waals surface area contributed by atoms with Gasteiger partial charge in [0.1, 0.15) is 5.75 Å². The van der Waals surface area contributed by atoms with Crippen molar-refractivity contribution >= 4 is 0 Å². The Morgan fingerprint density at radius 3 is 2.06 bits per heavy atom. The molecule has 0 spiro atoms. The van der Waals surface area contributed by atoms with E-state index in [-0.39, 0.29) is 5.82 Å². The van der Waals surface area contributed by atoms with E-state index in [2.05, 4.69) is 0 Å². The van der Waals surface area contributed by atoms with Gasteiger partial charge in [-0.05, 0) is 56.6 Å². The predicted molar refractivity (Wildman–Crippen MR) is 67.6 cm³/mol. The lowest BCUT2D eigenvalue weighted by atomic mass is 10.2. The zero-order valence-electron chi connectivity index (χ0n) is 10.7. The quantitative estimate of drug-likeness (QED) is 0.766. The van der Waals surface area contributed by atoms with Crippen molar-refractivity contribution in [2.75, 3.05) is 13.2 Å². The summed E-state index contributed by atoms with van der Waals surface area (Å²) in [7, 11) is 0. The minimum Gasteiger partial charge on any atom is -0.493 e.